The van der Waals surface area contributed by atoms with Crippen molar-refractivity contribution in [3.8, 4) is 5.75 Å². The largest absolute Gasteiger partial charge is 0.489 e. The van der Waals surface area contributed by atoms with Crippen LogP contribution in [0.2, 0.25) is 0 Å². The molecule has 0 saturated carbocycles. The third-order valence-electron chi connectivity index (χ3n) is 3.29. The van der Waals surface area contributed by atoms with Gasteiger partial charge < -0.3 is 14.4 Å². The lowest BCUT2D eigenvalue weighted by Gasteiger charge is -2.41. The van der Waals surface area contributed by atoms with Gasteiger partial charge in [0.15, 0.2) is 11.4 Å². The van der Waals surface area contributed by atoms with Crippen molar-refractivity contribution in [3.05, 3.63) is 22.4 Å². The lowest BCUT2D eigenvalue weighted by Crippen LogP contribution is -2.55. The van der Waals surface area contributed by atoms with Gasteiger partial charge in [-0.1, -0.05) is 0 Å². The van der Waals surface area contributed by atoms with Crippen molar-refractivity contribution in [3.63, 3.8) is 0 Å². The van der Waals surface area contributed by atoms with Crippen LogP contribution in [-0.4, -0.2) is 40.8 Å². The van der Waals surface area contributed by atoms with Crippen molar-refractivity contribution in [2.24, 2.45) is 0 Å². The van der Waals surface area contributed by atoms with Gasteiger partial charge in [-0.05, 0) is 49.2 Å². The summed E-state index contributed by atoms with van der Waals surface area (Å²) in [6, 6.07) is 0.895. The Morgan fingerprint density at radius 3 is 2.58 bits per heavy atom. The number of aromatic nitrogens is 1. The first-order chi connectivity index (χ1) is 11.0. The Balaban J connectivity index is 2.01. The topological polar surface area (TPSA) is 51.7 Å². The monoisotopic (exact) mass is 410 g/mol. The van der Waals surface area contributed by atoms with Crippen LogP contribution in [0.5, 0.6) is 5.75 Å². The van der Waals surface area contributed by atoms with Crippen molar-refractivity contribution in [1.82, 2.24) is 9.88 Å². The maximum atomic E-state index is 12.9. The van der Waals surface area contributed by atoms with Crippen LogP contribution < -0.4 is 4.74 Å². The molecule has 0 unspecified atom stereocenters. The summed E-state index contributed by atoms with van der Waals surface area (Å²) in [6.07, 6.45) is -3.40. The normalized spacial score (nSPS) is 18.1. The molecule has 9 heteroatoms. The van der Waals surface area contributed by atoms with Gasteiger partial charge in [0.25, 0.3) is 0 Å². The Morgan fingerprint density at radius 1 is 1.42 bits per heavy atom. The second-order valence-electron chi connectivity index (χ2n) is 6.43. The molecule has 0 N–H and O–H groups in total. The number of hydrogen-bond donors (Lipinski definition) is 0. The average molecular weight is 411 g/mol. The SMILES string of the molecule is CC(C)(C)OC(=O)N1CC[C@H]1COc1cc(Br)cnc1C(F)(F)F. The maximum absolute atomic E-state index is 12.9. The molecule has 0 aromatic carbocycles. The maximum Gasteiger partial charge on any atom is 0.437 e. The minimum atomic E-state index is -4.61. The van der Waals surface area contributed by atoms with E-state index < -0.39 is 23.6 Å². The Labute approximate surface area is 146 Å². The van der Waals surface area contributed by atoms with Crippen molar-refractivity contribution in [1.29, 1.82) is 0 Å². The number of ether oxygens (including phenoxy) is 2. The molecule has 1 aromatic rings. The van der Waals surface area contributed by atoms with Gasteiger partial charge in [-0.2, -0.15) is 13.2 Å². The molecule has 0 radical (unpaired) electrons. The van der Waals surface area contributed by atoms with Gasteiger partial charge in [0.05, 0.1) is 6.04 Å². The summed E-state index contributed by atoms with van der Waals surface area (Å²) in [5.41, 5.74) is -1.72. The van der Waals surface area contributed by atoms with Crippen LogP contribution in [0.25, 0.3) is 0 Å². The predicted octanol–water partition coefficient (Wildman–Crippen LogP) is 4.25. The number of pyridine rings is 1. The molecule has 1 saturated heterocycles. The predicted molar refractivity (Wildman–Crippen MR) is 83.8 cm³/mol. The Kier molecular flexibility index (Phi) is 5.31. The van der Waals surface area contributed by atoms with Crippen LogP contribution in [0.3, 0.4) is 0 Å². The number of alkyl halides is 3. The fourth-order valence-electron chi connectivity index (χ4n) is 2.10. The van der Waals surface area contributed by atoms with E-state index in [4.69, 9.17) is 9.47 Å². The highest BCUT2D eigenvalue weighted by molar-refractivity contribution is 9.10. The van der Waals surface area contributed by atoms with Crippen LogP contribution in [-0.2, 0) is 10.9 Å². The molecule has 0 spiro atoms. The van der Waals surface area contributed by atoms with Gasteiger partial charge in [0, 0.05) is 17.2 Å². The third-order valence-corrected chi connectivity index (χ3v) is 3.72. The molecular weight excluding hydrogens is 393 g/mol. The van der Waals surface area contributed by atoms with Crippen LogP contribution in [0, 0.1) is 0 Å². The molecule has 0 aliphatic carbocycles. The van der Waals surface area contributed by atoms with E-state index >= 15 is 0 Å². The summed E-state index contributed by atoms with van der Waals surface area (Å²) >= 11 is 3.07. The van der Waals surface area contributed by atoms with Crippen molar-refractivity contribution in [2.75, 3.05) is 13.2 Å². The first kappa shape index (κ1) is 18.8. The second-order valence-corrected chi connectivity index (χ2v) is 7.34. The van der Waals surface area contributed by atoms with E-state index in [1.165, 1.54) is 11.0 Å². The van der Waals surface area contributed by atoms with E-state index in [0.717, 1.165) is 6.20 Å². The van der Waals surface area contributed by atoms with E-state index in [-0.39, 0.29) is 18.4 Å². The smallest absolute Gasteiger partial charge is 0.437 e. The average Bonchev–Trinajstić information content (AvgIpc) is 2.33. The van der Waals surface area contributed by atoms with Crippen molar-refractivity contribution < 1.29 is 27.4 Å². The van der Waals surface area contributed by atoms with Crippen LogP contribution in [0.4, 0.5) is 18.0 Å². The second kappa shape index (κ2) is 6.78. The van der Waals surface area contributed by atoms with Crippen LogP contribution >= 0.6 is 15.9 Å². The number of rotatable bonds is 3. The first-order valence-electron chi connectivity index (χ1n) is 7.32. The molecular formula is C15H18BrF3N2O3. The number of carbonyl (C=O) groups excluding carboxylic acids is 1. The quantitative estimate of drug-likeness (QED) is 0.747. The first-order valence-corrected chi connectivity index (χ1v) is 8.12. The molecule has 1 aliphatic heterocycles. The van der Waals surface area contributed by atoms with Crippen molar-refractivity contribution in [2.45, 2.75) is 45.0 Å². The summed E-state index contributed by atoms with van der Waals surface area (Å²) in [5.74, 6) is -0.368. The van der Waals surface area contributed by atoms with Gasteiger partial charge in [-0.3, -0.25) is 0 Å². The molecule has 1 fully saturated rings. The summed E-state index contributed by atoms with van der Waals surface area (Å²) < 4.78 is 49.8. The number of likely N-dealkylation sites (tertiary alicyclic amines) is 1. The number of amides is 1. The molecule has 2 rings (SSSR count). The van der Waals surface area contributed by atoms with Gasteiger partial charge in [0.1, 0.15) is 12.2 Å². The van der Waals surface area contributed by atoms with Gasteiger partial charge in [0.2, 0.25) is 0 Å². The molecule has 134 valence electrons. The number of carbonyl (C=O) groups is 1. The van der Waals surface area contributed by atoms with E-state index in [1.54, 1.807) is 20.8 Å². The Morgan fingerprint density at radius 2 is 2.08 bits per heavy atom. The summed E-state index contributed by atoms with van der Waals surface area (Å²) in [6.45, 7) is 5.68. The molecule has 0 bridgehead atoms. The molecule has 1 atom stereocenters. The zero-order valence-electron chi connectivity index (χ0n) is 13.5. The van der Waals surface area contributed by atoms with E-state index in [1.807, 2.05) is 0 Å². The Bertz CT molecular complexity index is 617. The summed E-state index contributed by atoms with van der Waals surface area (Å²) in [7, 11) is 0. The highest BCUT2D eigenvalue weighted by Gasteiger charge is 2.39. The minimum absolute atomic E-state index is 0.0551. The zero-order valence-corrected chi connectivity index (χ0v) is 15.1. The molecule has 24 heavy (non-hydrogen) atoms. The third kappa shape index (κ3) is 4.75. The molecule has 1 aromatic heterocycles. The van der Waals surface area contributed by atoms with E-state index in [9.17, 15) is 18.0 Å². The highest BCUT2D eigenvalue weighted by Crippen LogP contribution is 2.36. The fourth-order valence-corrected chi connectivity index (χ4v) is 2.41. The molecule has 5 nitrogen and oxygen atoms in total. The minimum Gasteiger partial charge on any atom is -0.489 e. The highest BCUT2D eigenvalue weighted by atomic mass is 79.9. The standard InChI is InChI=1S/C15H18BrF3N2O3/c1-14(2,3)24-13(22)21-5-4-10(21)8-23-11-6-9(16)7-20-12(11)15(17,18)19/h6-7,10H,4-5,8H2,1-3H3/t10-/m0/s1. The Hall–Kier alpha value is -1.51. The van der Waals surface area contributed by atoms with Crippen LogP contribution in [0.15, 0.2) is 16.7 Å². The van der Waals surface area contributed by atoms with Gasteiger partial charge >= 0.3 is 12.3 Å². The lowest BCUT2D eigenvalue weighted by molar-refractivity contribution is -0.142. The molecule has 2 heterocycles. The number of nitrogens with zero attached hydrogens (tertiary/aromatic N) is 2. The van der Waals surface area contributed by atoms with E-state index in [2.05, 4.69) is 20.9 Å². The van der Waals surface area contributed by atoms with Gasteiger partial charge in [-0.15, -0.1) is 0 Å². The molecule has 1 amide bonds. The molecule has 1 aliphatic rings. The summed E-state index contributed by atoms with van der Waals surface area (Å²) in [4.78, 5) is 16.8. The van der Waals surface area contributed by atoms with Crippen LogP contribution in [0.1, 0.15) is 32.9 Å². The van der Waals surface area contributed by atoms with Gasteiger partial charge in [-0.25, -0.2) is 9.78 Å². The van der Waals surface area contributed by atoms with E-state index in [0.29, 0.717) is 17.4 Å². The zero-order chi connectivity index (χ0) is 18.1. The number of hydrogen-bond acceptors (Lipinski definition) is 4. The number of halogens is 4. The lowest BCUT2D eigenvalue weighted by atomic mass is 10.1. The fraction of sp³-hybridized carbons (Fsp3) is 0.600. The summed E-state index contributed by atoms with van der Waals surface area (Å²) in [5, 5.41) is 0. The van der Waals surface area contributed by atoms with Crippen molar-refractivity contribution >= 4 is 22.0 Å².